The van der Waals surface area contributed by atoms with E-state index >= 15 is 0 Å². The van der Waals surface area contributed by atoms with Crippen molar-refractivity contribution in [2.24, 2.45) is 0 Å². The second-order valence-electron chi connectivity index (χ2n) is 8.04. The van der Waals surface area contributed by atoms with E-state index in [-0.39, 0.29) is 25.0 Å². The number of benzene rings is 2. The minimum Gasteiger partial charge on any atom is -0.492 e. The van der Waals surface area contributed by atoms with Crippen LogP contribution in [0, 0.1) is 0 Å². The Bertz CT molecular complexity index is 947. The molecule has 0 aliphatic carbocycles. The zero-order valence-electron chi connectivity index (χ0n) is 19.7. The van der Waals surface area contributed by atoms with Crippen molar-refractivity contribution in [3.05, 3.63) is 54.1 Å². The zero-order valence-corrected chi connectivity index (χ0v) is 20.6. The lowest BCUT2D eigenvalue weighted by Crippen LogP contribution is -2.30. The molecule has 8 nitrogen and oxygen atoms in total. The van der Waals surface area contributed by atoms with Crippen molar-refractivity contribution in [2.75, 3.05) is 52.4 Å². The average molecular weight is 494 g/mol. The Kier molecular flexibility index (Phi) is 10.9. The normalized spacial score (nSPS) is 15.9. The Morgan fingerprint density at radius 2 is 1.82 bits per heavy atom. The fraction of sp³-hybridized carbons (Fsp3) is 0.520. The molecule has 1 aliphatic rings. The second kappa shape index (κ2) is 14.2. The molecule has 0 bridgehead atoms. The number of hydrogen-bond donors (Lipinski definition) is 1. The Morgan fingerprint density at radius 1 is 1.00 bits per heavy atom. The smallest absolute Gasteiger partial charge is 0.211 e. The van der Waals surface area contributed by atoms with Crippen LogP contribution in [-0.4, -0.2) is 67.0 Å². The molecule has 0 amide bonds. The van der Waals surface area contributed by atoms with Crippen LogP contribution in [0.4, 0.5) is 0 Å². The monoisotopic (exact) mass is 493 g/mol. The standard InChI is InChI=1S/C25H35NO7S/c1-29-16-17-32-23-12-11-21(25(19-23)33-20-24-10-5-14-30-24)7-6-18-34(27,28)26-13-15-31-22-8-3-2-4-9-22/h2-4,8-9,11-12,19,24,26H,5-7,10,13-18,20H2,1H3. The first-order valence-corrected chi connectivity index (χ1v) is 13.4. The minimum atomic E-state index is -3.40. The number of para-hydroxylation sites is 1. The molecule has 0 radical (unpaired) electrons. The second-order valence-corrected chi connectivity index (χ2v) is 9.96. The molecule has 1 fully saturated rings. The molecule has 188 valence electrons. The van der Waals surface area contributed by atoms with E-state index in [1.807, 2.05) is 48.5 Å². The van der Waals surface area contributed by atoms with Crippen molar-refractivity contribution in [3.63, 3.8) is 0 Å². The van der Waals surface area contributed by atoms with Crippen LogP contribution in [0.15, 0.2) is 48.5 Å². The summed E-state index contributed by atoms with van der Waals surface area (Å²) in [6.07, 6.45) is 3.16. The summed E-state index contributed by atoms with van der Waals surface area (Å²) in [6.45, 7) is 2.67. The van der Waals surface area contributed by atoms with Crippen LogP contribution in [0.3, 0.4) is 0 Å². The van der Waals surface area contributed by atoms with Gasteiger partial charge in [0, 0.05) is 26.3 Å². The van der Waals surface area contributed by atoms with Crippen LogP contribution >= 0.6 is 0 Å². The van der Waals surface area contributed by atoms with Crippen LogP contribution in [0.1, 0.15) is 24.8 Å². The van der Waals surface area contributed by atoms with Gasteiger partial charge in [-0.05, 0) is 49.4 Å². The van der Waals surface area contributed by atoms with E-state index < -0.39 is 10.0 Å². The third-order valence-corrected chi connectivity index (χ3v) is 6.81. The Labute approximate surface area is 202 Å². The lowest BCUT2D eigenvalue weighted by molar-refractivity contribution is 0.0674. The number of nitrogens with one attached hydrogen (secondary N) is 1. The molecule has 1 N–H and O–H groups in total. The quantitative estimate of drug-likeness (QED) is 0.359. The molecule has 2 aromatic rings. The maximum absolute atomic E-state index is 12.4. The SMILES string of the molecule is COCCOc1ccc(CCCS(=O)(=O)NCCOc2ccccc2)c(OCC2CCCO2)c1. The number of aryl methyl sites for hydroxylation is 1. The van der Waals surface area contributed by atoms with Gasteiger partial charge in [-0.1, -0.05) is 24.3 Å². The van der Waals surface area contributed by atoms with Crippen LogP contribution in [0.5, 0.6) is 17.2 Å². The number of rotatable bonds is 16. The fourth-order valence-electron chi connectivity index (χ4n) is 3.57. The van der Waals surface area contributed by atoms with Crippen molar-refractivity contribution >= 4 is 10.0 Å². The first kappa shape index (κ1) is 26.3. The highest BCUT2D eigenvalue weighted by Crippen LogP contribution is 2.27. The maximum Gasteiger partial charge on any atom is 0.211 e. The molecule has 0 aromatic heterocycles. The van der Waals surface area contributed by atoms with E-state index in [0.29, 0.717) is 49.9 Å². The summed E-state index contributed by atoms with van der Waals surface area (Å²) >= 11 is 0. The van der Waals surface area contributed by atoms with E-state index in [1.54, 1.807) is 7.11 Å². The van der Waals surface area contributed by atoms with Crippen molar-refractivity contribution in [2.45, 2.75) is 31.8 Å². The largest absolute Gasteiger partial charge is 0.492 e. The molecule has 1 saturated heterocycles. The van der Waals surface area contributed by atoms with Gasteiger partial charge in [-0.25, -0.2) is 13.1 Å². The zero-order chi connectivity index (χ0) is 24.1. The third kappa shape index (κ3) is 9.50. The van der Waals surface area contributed by atoms with E-state index in [2.05, 4.69) is 4.72 Å². The van der Waals surface area contributed by atoms with Crippen molar-refractivity contribution in [1.82, 2.24) is 4.72 Å². The summed E-state index contributed by atoms with van der Waals surface area (Å²) in [5.41, 5.74) is 0.944. The molecule has 0 spiro atoms. The number of ether oxygens (including phenoxy) is 5. The topological polar surface area (TPSA) is 92.3 Å². The predicted molar refractivity (Wildman–Crippen MR) is 130 cm³/mol. The Balaban J connectivity index is 1.47. The fourth-order valence-corrected chi connectivity index (χ4v) is 4.64. The lowest BCUT2D eigenvalue weighted by atomic mass is 10.1. The molecule has 1 heterocycles. The summed E-state index contributed by atoms with van der Waals surface area (Å²) in [6, 6.07) is 15.0. The molecular weight excluding hydrogens is 458 g/mol. The first-order chi connectivity index (χ1) is 16.6. The van der Waals surface area contributed by atoms with Gasteiger partial charge in [-0.15, -0.1) is 0 Å². The van der Waals surface area contributed by atoms with Crippen LogP contribution in [0.2, 0.25) is 0 Å². The molecule has 1 aliphatic heterocycles. The Morgan fingerprint density at radius 3 is 2.59 bits per heavy atom. The van der Waals surface area contributed by atoms with Crippen molar-refractivity contribution < 1.29 is 32.1 Å². The van der Waals surface area contributed by atoms with Crippen molar-refractivity contribution in [1.29, 1.82) is 0 Å². The summed E-state index contributed by atoms with van der Waals surface area (Å²) in [5, 5.41) is 0. The molecular formula is C25H35NO7S. The van der Waals surface area contributed by atoms with E-state index in [4.69, 9.17) is 23.7 Å². The van der Waals surface area contributed by atoms with Crippen LogP contribution in [0.25, 0.3) is 0 Å². The van der Waals surface area contributed by atoms with Gasteiger partial charge in [0.1, 0.15) is 37.1 Å². The first-order valence-electron chi connectivity index (χ1n) is 11.7. The maximum atomic E-state index is 12.4. The van der Waals surface area contributed by atoms with E-state index in [0.717, 1.165) is 25.0 Å². The van der Waals surface area contributed by atoms with Gasteiger partial charge in [-0.3, -0.25) is 0 Å². The summed E-state index contributed by atoms with van der Waals surface area (Å²) < 4.78 is 55.3. The highest BCUT2D eigenvalue weighted by molar-refractivity contribution is 7.89. The summed E-state index contributed by atoms with van der Waals surface area (Å²) in [5.74, 6) is 2.13. The van der Waals surface area contributed by atoms with E-state index in [9.17, 15) is 8.42 Å². The van der Waals surface area contributed by atoms with Gasteiger partial charge in [-0.2, -0.15) is 0 Å². The molecule has 2 aromatic carbocycles. The van der Waals surface area contributed by atoms with Gasteiger partial charge in [0.05, 0.1) is 18.5 Å². The highest BCUT2D eigenvalue weighted by atomic mass is 32.2. The van der Waals surface area contributed by atoms with Gasteiger partial charge in [0.25, 0.3) is 0 Å². The summed E-state index contributed by atoms with van der Waals surface area (Å²) in [4.78, 5) is 0. The average Bonchev–Trinajstić information content (AvgIpc) is 3.36. The highest BCUT2D eigenvalue weighted by Gasteiger charge is 2.18. The van der Waals surface area contributed by atoms with Crippen molar-refractivity contribution in [3.8, 4) is 17.2 Å². The van der Waals surface area contributed by atoms with Gasteiger partial charge in [0.15, 0.2) is 0 Å². The molecule has 3 rings (SSSR count). The van der Waals surface area contributed by atoms with Gasteiger partial charge >= 0.3 is 0 Å². The lowest BCUT2D eigenvalue weighted by Gasteiger charge is -2.16. The van der Waals surface area contributed by atoms with Crippen LogP contribution in [-0.2, 0) is 25.9 Å². The number of sulfonamides is 1. The van der Waals surface area contributed by atoms with Crippen LogP contribution < -0.4 is 18.9 Å². The van der Waals surface area contributed by atoms with Gasteiger partial charge in [0.2, 0.25) is 10.0 Å². The molecule has 9 heteroatoms. The number of methoxy groups -OCH3 is 1. The molecule has 1 unspecified atom stereocenters. The minimum absolute atomic E-state index is 0.0234. The molecule has 34 heavy (non-hydrogen) atoms. The Hall–Kier alpha value is -2.33. The third-order valence-electron chi connectivity index (χ3n) is 5.34. The van der Waals surface area contributed by atoms with Gasteiger partial charge < -0.3 is 23.7 Å². The summed E-state index contributed by atoms with van der Waals surface area (Å²) in [7, 11) is -1.77. The van der Waals surface area contributed by atoms with E-state index in [1.165, 1.54) is 0 Å². The molecule has 0 saturated carbocycles. The molecule has 1 atom stereocenters. The predicted octanol–water partition coefficient (Wildman–Crippen LogP) is 3.20. The number of hydrogen-bond acceptors (Lipinski definition) is 7.